The largest absolute Gasteiger partial charge is 0.434 e. The van der Waals surface area contributed by atoms with Crippen LogP contribution in [0.3, 0.4) is 0 Å². The molecule has 1 aliphatic heterocycles. The molecule has 1 unspecified atom stereocenters. The van der Waals surface area contributed by atoms with Gasteiger partial charge < -0.3 is 10.1 Å². The number of amides is 1. The molecule has 0 aromatic carbocycles. The molecule has 0 saturated carbocycles. The van der Waals surface area contributed by atoms with Crippen LogP contribution in [0.15, 0.2) is 10.4 Å². The standard InChI is InChI=1S/C7H8N2O2S2/c1-7(3-9-6(10)11-7)5-8-2-4(12)13-5/h2,12H,3H2,1H3,(H,9,10). The first-order valence-corrected chi connectivity index (χ1v) is 4.99. The highest BCUT2D eigenvalue weighted by Gasteiger charge is 2.39. The molecule has 13 heavy (non-hydrogen) atoms. The van der Waals surface area contributed by atoms with E-state index in [1.165, 1.54) is 11.3 Å². The Bertz CT molecular complexity index is 352. The fourth-order valence-electron chi connectivity index (χ4n) is 1.15. The second-order valence-electron chi connectivity index (χ2n) is 2.98. The molecular formula is C7H8N2O2S2. The fraction of sp³-hybridized carbons (Fsp3) is 0.429. The summed E-state index contributed by atoms with van der Waals surface area (Å²) in [7, 11) is 0. The van der Waals surface area contributed by atoms with Crippen molar-refractivity contribution in [2.75, 3.05) is 6.54 Å². The third-order valence-corrected chi connectivity index (χ3v) is 3.27. The van der Waals surface area contributed by atoms with Gasteiger partial charge in [-0.3, -0.25) is 0 Å². The van der Waals surface area contributed by atoms with Crippen LogP contribution in [-0.4, -0.2) is 17.6 Å². The van der Waals surface area contributed by atoms with Crippen LogP contribution in [0, 0.1) is 0 Å². The maximum absolute atomic E-state index is 10.9. The number of hydrogen-bond acceptors (Lipinski definition) is 5. The normalized spacial score (nSPS) is 27.1. The minimum Gasteiger partial charge on any atom is -0.434 e. The summed E-state index contributed by atoms with van der Waals surface area (Å²) in [6.45, 7) is 2.30. The van der Waals surface area contributed by atoms with Gasteiger partial charge in [0.1, 0.15) is 5.01 Å². The monoisotopic (exact) mass is 216 g/mol. The Morgan fingerprint density at radius 3 is 3.08 bits per heavy atom. The lowest BCUT2D eigenvalue weighted by atomic mass is 10.1. The number of carbonyl (C=O) groups excluding carboxylic acids is 1. The summed E-state index contributed by atoms with van der Waals surface area (Å²) in [5.41, 5.74) is -0.622. The summed E-state index contributed by atoms with van der Waals surface area (Å²) in [5.74, 6) is 0. The second-order valence-corrected chi connectivity index (χ2v) is 4.79. The first-order valence-electron chi connectivity index (χ1n) is 3.72. The molecule has 1 aromatic rings. The van der Waals surface area contributed by atoms with Gasteiger partial charge in [-0.2, -0.15) is 0 Å². The van der Waals surface area contributed by atoms with Gasteiger partial charge in [0.25, 0.3) is 0 Å². The third-order valence-electron chi connectivity index (χ3n) is 1.83. The first kappa shape index (κ1) is 8.83. The van der Waals surface area contributed by atoms with Gasteiger partial charge in [0.05, 0.1) is 17.0 Å². The Kier molecular flexibility index (Phi) is 1.96. The van der Waals surface area contributed by atoms with E-state index in [0.29, 0.717) is 6.54 Å². The number of thiol groups is 1. The van der Waals surface area contributed by atoms with Crippen molar-refractivity contribution >= 4 is 30.1 Å². The van der Waals surface area contributed by atoms with Gasteiger partial charge >= 0.3 is 6.09 Å². The van der Waals surface area contributed by atoms with Crippen LogP contribution in [0.4, 0.5) is 4.79 Å². The molecule has 4 nitrogen and oxygen atoms in total. The lowest BCUT2D eigenvalue weighted by molar-refractivity contribution is 0.0702. The zero-order chi connectivity index (χ0) is 9.47. The summed E-state index contributed by atoms with van der Waals surface area (Å²) in [6.07, 6.45) is 1.26. The van der Waals surface area contributed by atoms with E-state index in [1.54, 1.807) is 6.20 Å². The summed E-state index contributed by atoms with van der Waals surface area (Å²) in [4.78, 5) is 15.0. The second kappa shape index (κ2) is 2.88. The Labute approximate surface area is 84.7 Å². The molecule has 1 fully saturated rings. The lowest BCUT2D eigenvalue weighted by Gasteiger charge is -2.17. The predicted octanol–water partition coefficient (Wildman–Crippen LogP) is 1.39. The SMILES string of the molecule is CC1(c2ncc(S)s2)CNC(=O)O1. The van der Waals surface area contributed by atoms with Crippen molar-refractivity contribution in [3.8, 4) is 0 Å². The van der Waals surface area contributed by atoms with Gasteiger partial charge in [-0.1, -0.05) is 0 Å². The number of alkyl carbamates (subject to hydrolysis) is 1. The first-order chi connectivity index (χ1) is 6.10. The molecule has 1 saturated heterocycles. The number of rotatable bonds is 1. The van der Waals surface area contributed by atoms with E-state index in [9.17, 15) is 4.79 Å². The minimum absolute atomic E-state index is 0.390. The van der Waals surface area contributed by atoms with E-state index < -0.39 is 11.7 Å². The number of aromatic nitrogens is 1. The lowest BCUT2D eigenvalue weighted by Crippen LogP contribution is -2.25. The van der Waals surface area contributed by atoms with E-state index in [2.05, 4.69) is 22.9 Å². The molecular weight excluding hydrogens is 208 g/mol. The molecule has 0 radical (unpaired) electrons. The maximum Gasteiger partial charge on any atom is 0.408 e. The van der Waals surface area contributed by atoms with Crippen LogP contribution >= 0.6 is 24.0 Å². The molecule has 2 heterocycles. The van der Waals surface area contributed by atoms with Crippen LogP contribution in [0.1, 0.15) is 11.9 Å². The van der Waals surface area contributed by atoms with Crippen molar-refractivity contribution in [3.05, 3.63) is 11.2 Å². The van der Waals surface area contributed by atoms with Crippen molar-refractivity contribution in [1.82, 2.24) is 10.3 Å². The third kappa shape index (κ3) is 1.51. The molecule has 1 amide bonds. The number of hydrogen-bond donors (Lipinski definition) is 2. The average molecular weight is 216 g/mol. The summed E-state index contributed by atoms with van der Waals surface area (Å²) >= 11 is 5.57. The van der Waals surface area contributed by atoms with Crippen molar-refractivity contribution in [2.45, 2.75) is 16.7 Å². The van der Waals surface area contributed by atoms with Crippen LogP contribution in [-0.2, 0) is 10.3 Å². The summed E-state index contributed by atoms with van der Waals surface area (Å²) < 4.78 is 5.93. The van der Waals surface area contributed by atoms with Crippen LogP contribution in [0.5, 0.6) is 0 Å². The molecule has 1 N–H and O–H groups in total. The highest BCUT2D eigenvalue weighted by molar-refractivity contribution is 7.82. The fourth-order valence-corrected chi connectivity index (χ4v) is 2.20. The maximum atomic E-state index is 10.9. The van der Waals surface area contributed by atoms with Crippen LogP contribution < -0.4 is 5.32 Å². The molecule has 6 heteroatoms. The van der Waals surface area contributed by atoms with Crippen molar-refractivity contribution in [2.24, 2.45) is 0 Å². The molecule has 0 aliphatic carbocycles. The van der Waals surface area contributed by atoms with E-state index in [0.717, 1.165) is 9.22 Å². The van der Waals surface area contributed by atoms with E-state index >= 15 is 0 Å². The van der Waals surface area contributed by atoms with Gasteiger partial charge in [-0.25, -0.2) is 9.78 Å². The Morgan fingerprint density at radius 2 is 2.62 bits per heavy atom. The highest BCUT2D eigenvalue weighted by Crippen LogP contribution is 2.32. The quantitative estimate of drug-likeness (QED) is 0.697. The Hall–Kier alpha value is -0.750. The smallest absolute Gasteiger partial charge is 0.408 e. The van der Waals surface area contributed by atoms with Crippen molar-refractivity contribution in [3.63, 3.8) is 0 Å². The van der Waals surface area contributed by atoms with Gasteiger partial charge in [0.15, 0.2) is 5.60 Å². The topological polar surface area (TPSA) is 51.2 Å². The van der Waals surface area contributed by atoms with Crippen molar-refractivity contribution in [1.29, 1.82) is 0 Å². The van der Waals surface area contributed by atoms with Gasteiger partial charge in [-0.05, 0) is 6.92 Å². The van der Waals surface area contributed by atoms with Crippen LogP contribution in [0.25, 0.3) is 0 Å². The number of thiazole rings is 1. The van der Waals surface area contributed by atoms with Crippen molar-refractivity contribution < 1.29 is 9.53 Å². The van der Waals surface area contributed by atoms with Crippen LogP contribution in [0.2, 0.25) is 0 Å². The number of nitrogens with one attached hydrogen (secondary N) is 1. The van der Waals surface area contributed by atoms with E-state index in [-0.39, 0.29) is 0 Å². The molecule has 70 valence electrons. The molecule has 0 bridgehead atoms. The van der Waals surface area contributed by atoms with E-state index in [4.69, 9.17) is 4.74 Å². The molecule has 2 rings (SSSR count). The van der Waals surface area contributed by atoms with Gasteiger partial charge in [0, 0.05) is 0 Å². The highest BCUT2D eigenvalue weighted by atomic mass is 32.2. The molecule has 1 aliphatic rings. The predicted molar refractivity (Wildman–Crippen MR) is 51.2 cm³/mol. The zero-order valence-electron chi connectivity index (χ0n) is 6.90. The summed E-state index contributed by atoms with van der Waals surface area (Å²) in [6, 6.07) is 0. The number of cyclic esters (lactones) is 1. The molecule has 1 atom stereocenters. The average Bonchev–Trinajstić information content (AvgIpc) is 2.60. The molecule has 1 aromatic heterocycles. The van der Waals surface area contributed by atoms with Gasteiger partial charge in [-0.15, -0.1) is 24.0 Å². The van der Waals surface area contributed by atoms with E-state index in [1.807, 2.05) is 6.92 Å². The number of ether oxygens (including phenoxy) is 1. The molecule has 0 spiro atoms. The van der Waals surface area contributed by atoms with Gasteiger partial charge in [0.2, 0.25) is 0 Å². The Morgan fingerprint density at radius 1 is 1.85 bits per heavy atom. The Balaban J connectivity index is 2.30. The summed E-state index contributed by atoms with van der Waals surface area (Å²) in [5, 5.41) is 3.37. The number of carbonyl (C=O) groups is 1. The minimum atomic E-state index is -0.622. The number of nitrogens with zero attached hydrogens (tertiary/aromatic N) is 1. The zero-order valence-corrected chi connectivity index (χ0v) is 8.61.